The van der Waals surface area contributed by atoms with Crippen molar-refractivity contribution < 1.29 is 22.7 Å². The van der Waals surface area contributed by atoms with E-state index in [1.54, 1.807) is 53.6 Å². The van der Waals surface area contributed by atoms with Gasteiger partial charge in [-0.25, -0.2) is 9.97 Å². The minimum absolute atomic E-state index is 0.0265. The Morgan fingerprint density at radius 3 is 1.02 bits per heavy atom. The second kappa shape index (κ2) is 39.9. The SMILES string of the molecule is CC(C)(C)c1ccc(OC(F)F)nc1.CC(C)(C)n1ccccc1=O.CCn1cc(C(C)(C)C)cn1.COc1ccc(C(C)(C)C)cn1.Cc1ccc(C(C)(C)C)cn1.Cc1ccc(C(C)(C)C)cn1.Cc1ccc(C(C)(C)C)cn1.Cc1ccn(C(C)(C)C)c(=O)c1.Cc1nnc(C(C)(C)C)o1. The van der Waals surface area contributed by atoms with Crippen LogP contribution in [0.5, 0.6) is 11.8 Å². The van der Waals surface area contributed by atoms with Gasteiger partial charge in [0.2, 0.25) is 23.5 Å². The van der Waals surface area contributed by atoms with Crippen molar-refractivity contribution in [1.82, 2.24) is 54.0 Å². The number of halogens is 2. The van der Waals surface area contributed by atoms with Gasteiger partial charge in [0.15, 0.2) is 0 Å². The van der Waals surface area contributed by atoms with Crippen molar-refractivity contribution in [2.24, 2.45) is 0 Å². The highest BCUT2D eigenvalue weighted by Gasteiger charge is 2.22. The standard InChI is InChI=1S/C10H13F2NO.2C10H15NO.3C10H15N.C9H16N2.C9H13NO.C7H12N2O/c1-10(2,3)7-4-5-8(13-6-7)14-9(11)12;1-10(2,3)8-5-6-9(12-4)11-7-8;1-8-5-6-11(9(12)7-8)10(2,3)4;3*1-8-5-6-9(7-11-8)10(2,3)4;1-5-11-7-8(6-10-11)9(2,3)4;1-9(2,3)10-7-5-4-6-8(10)11;1-5-8-9-6(10-5)7(2,3)4/h4-6,9H,1-3H3;2*5-7H,1-4H3;3*5-7H,1-4H3;6-7H,5H2,1-4H3;4-7H,1-3H3;1-4H3. The lowest BCUT2D eigenvalue weighted by Crippen LogP contribution is -2.32. The van der Waals surface area contributed by atoms with Crippen LogP contribution < -0.4 is 20.6 Å². The molecule has 9 aromatic rings. The Morgan fingerprint density at radius 1 is 0.417 bits per heavy atom. The molecule has 0 spiro atoms. The van der Waals surface area contributed by atoms with Gasteiger partial charge in [-0.2, -0.15) is 13.9 Å². The first-order valence-electron chi connectivity index (χ1n) is 35.3. The van der Waals surface area contributed by atoms with E-state index in [9.17, 15) is 18.4 Å². The fraction of sp³-hybridized carbons (Fsp3) is 0.529. The molecule has 0 radical (unpaired) electrons. The maximum Gasteiger partial charge on any atom is 0.388 e. The molecular formula is C85H129F2N11O5. The van der Waals surface area contributed by atoms with Gasteiger partial charge in [0.1, 0.15) is 0 Å². The summed E-state index contributed by atoms with van der Waals surface area (Å²) in [6.45, 7) is 67.1. The van der Waals surface area contributed by atoms with E-state index in [0.717, 1.165) is 34.8 Å². The quantitative estimate of drug-likeness (QED) is 0.162. The topological polar surface area (TPSA) is 184 Å². The number of hydrogen-bond donors (Lipinski definition) is 0. The summed E-state index contributed by atoms with van der Waals surface area (Å²) >= 11 is 0. The molecule has 0 aliphatic carbocycles. The first kappa shape index (κ1) is 92.5. The lowest BCUT2D eigenvalue weighted by atomic mass is 9.88. The summed E-state index contributed by atoms with van der Waals surface area (Å²) in [6, 6.07) is 28.5. The summed E-state index contributed by atoms with van der Waals surface area (Å²) in [5.74, 6) is 1.95. The molecule has 0 atom stereocenters. The second-order valence-corrected chi connectivity index (χ2v) is 34.5. The molecule has 568 valence electrons. The lowest BCUT2D eigenvalue weighted by Gasteiger charge is -2.21. The third-order valence-electron chi connectivity index (χ3n) is 15.3. The van der Waals surface area contributed by atoms with Gasteiger partial charge in [-0.3, -0.25) is 29.2 Å². The molecule has 0 aliphatic rings. The van der Waals surface area contributed by atoms with Crippen LogP contribution in [-0.4, -0.2) is 67.8 Å². The number of methoxy groups -OCH3 is 1. The Kier molecular flexibility index (Phi) is 35.8. The molecule has 16 nitrogen and oxygen atoms in total. The highest BCUT2D eigenvalue weighted by atomic mass is 19.3. The third-order valence-corrected chi connectivity index (χ3v) is 15.3. The maximum absolute atomic E-state index is 11.8. The van der Waals surface area contributed by atoms with E-state index in [1.165, 1.54) is 33.9 Å². The van der Waals surface area contributed by atoms with E-state index in [2.05, 4.69) is 198 Å². The molecule has 0 aromatic carbocycles. The number of aryl methyl sites for hydroxylation is 6. The number of nitrogens with zero attached hydrogens (tertiary/aromatic N) is 11. The van der Waals surface area contributed by atoms with Crippen LogP contribution in [0.2, 0.25) is 0 Å². The molecule has 0 amide bonds. The molecule has 0 saturated carbocycles. The Labute approximate surface area is 618 Å². The van der Waals surface area contributed by atoms with Crippen molar-refractivity contribution in [3.8, 4) is 11.8 Å². The van der Waals surface area contributed by atoms with Crippen LogP contribution in [-0.2, 0) is 55.5 Å². The summed E-state index contributed by atoms with van der Waals surface area (Å²) in [7, 11) is 1.62. The first-order chi connectivity index (χ1) is 46.9. The largest absolute Gasteiger partial charge is 0.481 e. The zero-order valence-corrected chi connectivity index (χ0v) is 69.4. The van der Waals surface area contributed by atoms with Gasteiger partial charge in [0, 0.05) is 121 Å². The molecule has 103 heavy (non-hydrogen) atoms. The normalized spacial score (nSPS) is 11.7. The van der Waals surface area contributed by atoms with Crippen LogP contribution in [0.25, 0.3) is 0 Å². The number of pyridine rings is 7. The summed E-state index contributed by atoms with van der Waals surface area (Å²) in [4.78, 5) is 43.3. The molecular weight excluding hydrogens is 1290 g/mol. The highest BCUT2D eigenvalue weighted by molar-refractivity contribution is 5.26. The Balaban J connectivity index is 0.000000580. The first-order valence-corrected chi connectivity index (χ1v) is 35.3. The van der Waals surface area contributed by atoms with Gasteiger partial charge < -0.3 is 23.0 Å². The summed E-state index contributed by atoms with van der Waals surface area (Å²) < 4.78 is 43.3. The van der Waals surface area contributed by atoms with E-state index < -0.39 is 6.61 Å². The zero-order valence-electron chi connectivity index (χ0n) is 69.4. The van der Waals surface area contributed by atoms with Crippen LogP contribution in [0, 0.1) is 34.6 Å². The molecule has 9 heterocycles. The predicted octanol–water partition coefficient (Wildman–Crippen LogP) is 20.8. The third kappa shape index (κ3) is 36.9. The van der Waals surface area contributed by atoms with Crippen LogP contribution in [0.1, 0.15) is 262 Å². The van der Waals surface area contributed by atoms with E-state index in [4.69, 9.17) is 9.15 Å². The molecule has 0 fully saturated rings. The number of aromatic nitrogens is 11. The molecule has 18 heteroatoms. The lowest BCUT2D eigenvalue weighted by molar-refractivity contribution is -0.0528. The number of hydrogen-bond acceptors (Lipinski definition) is 13. The smallest absolute Gasteiger partial charge is 0.388 e. The second-order valence-electron chi connectivity index (χ2n) is 34.5. The van der Waals surface area contributed by atoms with Gasteiger partial charge in [-0.15, -0.1) is 10.2 Å². The van der Waals surface area contributed by atoms with Gasteiger partial charge in [0.05, 0.1) is 13.3 Å². The molecule has 0 N–H and O–H groups in total. The average molecular weight is 1420 g/mol. The molecule has 0 saturated heterocycles. The average Bonchev–Trinajstić information content (AvgIpc) is 1.63. The molecule has 0 unspecified atom stereocenters. The molecule has 9 rings (SSSR count). The van der Waals surface area contributed by atoms with Gasteiger partial charge in [-0.05, 0) is 178 Å². The Bertz CT molecular complexity index is 3830. The van der Waals surface area contributed by atoms with Crippen molar-refractivity contribution in [2.75, 3.05) is 7.11 Å². The number of ether oxygens (including phenoxy) is 2. The summed E-state index contributed by atoms with van der Waals surface area (Å²) in [5, 5.41) is 11.9. The monoisotopic (exact) mass is 1420 g/mol. The van der Waals surface area contributed by atoms with Gasteiger partial charge >= 0.3 is 6.61 Å². The Hall–Kier alpha value is -8.54. The van der Waals surface area contributed by atoms with E-state index in [0.29, 0.717) is 17.7 Å². The summed E-state index contributed by atoms with van der Waals surface area (Å²) in [6.07, 6.45) is 17.0. The fourth-order valence-electron chi connectivity index (χ4n) is 8.30. The van der Waals surface area contributed by atoms with Crippen LogP contribution in [0.15, 0.2) is 161 Å². The highest BCUT2D eigenvalue weighted by Crippen LogP contribution is 2.27. The van der Waals surface area contributed by atoms with Crippen molar-refractivity contribution in [2.45, 2.75) is 291 Å². The zero-order chi connectivity index (χ0) is 79.5. The fourth-order valence-corrected chi connectivity index (χ4v) is 8.30. The van der Waals surface area contributed by atoms with Crippen LogP contribution in [0.4, 0.5) is 8.78 Å². The summed E-state index contributed by atoms with van der Waals surface area (Å²) in [5.41, 5.74) is 12.6. The Morgan fingerprint density at radius 2 is 0.786 bits per heavy atom. The number of alkyl halides is 2. The van der Waals surface area contributed by atoms with Gasteiger partial charge in [0.25, 0.3) is 11.1 Å². The maximum atomic E-state index is 11.8. The number of rotatable bonds is 4. The minimum atomic E-state index is -2.82. The van der Waals surface area contributed by atoms with Crippen molar-refractivity contribution >= 4 is 0 Å². The molecule has 0 bridgehead atoms. The minimum Gasteiger partial charge on any atom is -0.481 e. The predicted molar refractivity (Wildman–Crippen MR) is 423 cm³/mol. The van der Waals surface area contributed by atoms with E-state index in [-0.39, 0.29) is 66.0 Å². The van der Waals surface area contributed by atoms with Gasteiger partial charge in [-0.1, -0.05) is 182 Å². The van der Waals surface area contributed by atoms with Crippen LogP contribution >= 0.6 is 0 Å². The van der Waals surface area contributed by atoms with E-state index in [1.807, 2.05) is 183 Å². The van der Waals surface area contributed by atoms with E-state index >= 15 is 0 Å². The van der Waals surface area contributed by atoms with Crippen molar-refractivity contribution in [3.05, 3.63) is 235 Å². The van der Waals surface area contributed by atoms with Crippen LogP contribution in [0.3, 0.4) is 0 Å². The molecule has 0 aliphatic heterocycles. The van der Waals surface area contributed by atoms with Crippen molar-refractivity contribution in [1.29, 1.82) is 0 Å². The molecule has 9 aromatic heterocycles. The van der Waals surface area contributed by atoms with Crippen molar-refractivity contribution in [3.63, 3.8) is 0 Å².